The number of ether oxygens (including phenoxy) is 1. The van der Waals surface area contributed by atoms with Crippen molar-refractivity contribution in [1.82, 2.24) is 0 Å². The molecule has 3 rings (SSSR count). The van der Waals surface area contributed by atoms with Crippen LogP contribution in [0.1, 0.15) is 18.9 Å². The molecular weight excluding hydrogens is 420 g/mol. The van der Waals surface area contributed by atoms with Crippen LogP contribution in [0.25, 0.3) is 0 Å². The monoisotopic (exact) mass is 436 g/mol. The van der Waals surface area contributed by atoms with Gasteiger partial charge in [-0.05, 0) is 42.8 Å². The number of amidine groups is 1. The lowest BCUT2D eigenvalue weighted by atomic mass is 10.2. The highest BCUT2D eigenvalue weighted by atomic mass is 79.9. The Hall–Kier alpha value is -2.19. The van der Waals surface area contributed by atoms with Gasteiger partial charge in [0.25, 0.3) is 10.0 Å². The van der Waals surface area contributed by atoms with E-state index in [4.69, 9.17) is 4.74 Å². The van der Waals surface area contributed by atoms with Crippen LogP contribution in [-0.4, -0.2) is 32.1 Å². The number of esters is 1. The van der Waals surface area contributed by atoms with Crippen molar-refractivity contribution in [2.75, 3.05) is 11.9 Å². The van der Waals surface area contributed by atoms with Crippen molar-refractivity contribution >= 4 is 43.4 Å². The van der Waals surface area contributed by atoms with E-state index in [1.807, 2.05) is 6.92 Å². The number of carbonyl (C=O) groups is 1. The number of fused-ring (bicyclic) bond motifs is 1. The van der Waals surface area contributed by atoms with Crippen LogP contribution in [0, 0.1) is 0 Å². The molecular formula is C18H17BrN2O4S. The van der Waals surface area contributed by atoms with E-state index in [0.717, 1.165) is 5.69 Å². The standard InChI is InChI=1S/C18H17BrN2O4S/c1-3-15(19)18(22)25-13-10-8-12(9-11-13)21(2)17-14-6-4-5-7-16(14)26(23,24)20-17/h4-11,15H,3H2,1-2H3. The molecule has 0 saturated carbocycles. The number of anilines is 1. The quantitative estimate of drug-likeness (QED) is 0.417. The average molecular weight is 437 g/mol. The predicted molar refractivity (Wildman–Crippen MR) is 104 cm³/mol. The summed E-state index contributed by atoms with van der Waals surface area (Å²) in [6.45, 7) is 1.88. The fraction of sp³-hybridized carbons (Fsp3) is 0.222. The molecule has 0 spiro atoms. The maximum absolute atomic E-state index is 12.2. The van der Waals surface area contributed by atoms with E-state index in [2.05, 4.69) is 20.3 Å². The zero-order valence-corrected chi connectivity index (χ0v) is 16.6. The van der Waals surface area contributed by atoms with Crippen molar-refractivity contribution in [3.63, 3.8) is 0 Å². The second-order valence-corrected chi connectivity index (χ2v) is 8.41. The third-order valence-electron chi connectivity index (χ3n) is 3.99. The average Bonchev–Trinajstić information content (AvgIpc) is 2.92. The van der Waals surface area contributed by atoms with E-state index in [1.54, 1.807) is 60.5 Å². The van der Waals surface area contributed by atoms with Crippen LogP contribution in [0.5, 0.6) is 5.75 Å². The fourth-order valence-corrected chi connectivity index (χ4v) is 3.87. The maximum Gasteiger partial charge on any atom is 0.325 e. The van der Waals surface area contributed by atoms with E-state index < -0.39 is 10.0 Å². The van der Waals surface area contributed by atoms with Crippen LogP contribution in [0.15, 0.2) is 57.8 Å². The summed E-state index contributed by atoms with van der Waals surface area (Å²) in [6.07, 6.45) is 0.632. The zero-order chi connectivity index (χ0) is 18.9. The van der Waals surface area contributed by atoms with Crippen molar-refractivity contribution in [3.8, 4) is 5.75 Å². The number of hydrogen-bond acceptors (Lipinski definition) is 5. The van der Waals surface area contributed by atoms with Gasteiger partial charge < -0.3 is 9.64 Å². The highest BCUT2D eigenvalue weighted by molar-refractivity contribution is 9.10. The summed E-state index contributed by atoms with van der Waals surface area (Å²) in [5.41, 5.74) is 1.29. The Morgan fingerprint density at radius 1 is 1.19 bits per heavy atom. The van der Waals surface area contributed by atoms with Gasteiger partial charge in [-0.2, -0.15) is 8.42 Å². The molecule has 1 unspecified atom stereocenters. The van der Waals surface area contributed by atoms with Gasteiger partial charge in [0.15, 0.2) is 5.84 Å². The van der Waals surface area contributed by atoms with E-state index in [9.17, 15) is 13.2 Å². The lowest BCUT2D eigenvalue weighted by molar-refractivity contribution is -0.133. The van der Waals surface area contributed by atoms with E-state index >= 15 is 0 Å². The number of sulfonamides is 1. The largest absolute Gasteiger partial charge is 0.426 e. The summed E-state index contributed by atoms with van der Waals surface area (Å²) in [5.74, 6) is 0.428. The van der Waals surface area contributed by atoms with E-state index in [-0.39, 0.29) is 15.7 Å². The molecule has 0 amide bonds. The number of hydrogen-bond donors (Lipinski definition) is 0. The van der Waals surface area contributed by atoms with Gasteiger partial charge in [-0.3, -0.25) is 4.79 Å². The Labute approximate surface area is 160 Å². The number of carbonyl (C=O) groups excluding carboxylic acids is 1. The molecule has 0 radical (unpaired) electrons. The van der Waals surface area contributed by atoms with Gasteiger partial charge in [-0.15, -0.1) is 4.40 Å². The molecule has 8 heteroatoms. The first-order valence-corrected chi connectivity index (χ1v) is 10.3. The lowest BCUT2D eigenvalue weighted by Crippen LogP contribution is -2.26. The Morgan fingerprint density at radius 3 is 2.50 bits per heavy atom. The van der Waals surface area contributed by atoms with Crippen LogP contribution >= 0.6 is 15.9 Å². The number of benzene rings is 2. The molecule has 0 fully saturated rings. The molecule has 1 heterocycles. The molecule has 0 aliphatic carbocycles. The van der Waals surface area contributed by atoms with E-state index in [0.29, 0.717) is 23.6 Å². The smallest absolute Gasteiger partial charge is 0.325 e. The van der Waals surface area contributed by atoms with Gasteiger partial charge in [0.05, 0.1) is 0 Å². The molecule has 0 saturated heterocycles. The Balaban J connectivity index is 1.84. The first kappa shape index (κ1) is 18.6. The number of rotatable bonds is 4. The predicted octanol–water partition coefficient (Wildman–Crippen LogP) is 3.35. The van der Waals surface area contributed by atoms with Crippen LogP contribution in [0.4, 0.5) is 5.69 Å². The second kappa shape index (κ2) is 7.20. The summed E-state index contributed by atoms with van der Waals surface area (Å²) in [6, 6.07) is 13.5. The Kier molecular flexibility index (Phi) is 5.15. The SMILES string of the molecule is CCC(Br)C(=O)Oc1ccc(N(C)C2=NS(=O)(=O)c3ccccc32)cc1. The first-order valence-electron chi connectivity index (χ1n) is 7.97. The summed E-state index contributed by atoms with van der Waals surface area (Å²) in [7, 11) is -1.93. The zero-order valence-electron chi connectivity index (χ0n) is 14.2. The van der Waals surface area contributed by atoms with Crippen molar-refractivity contribution in [2.24, 2.45) is 4.40 Å². The molecule has 2 aromatic rings. The minimum atomic E-state index is -3.67. The van der Waals surface area contributed by atoms with Crippen molar-refractivity contribution < 1.29 is 17.9 Å². The van der Waals surface area contributed by atoms with Crippen molar-refractivity contribution in [2.45, 2.75) is 23.1 Å². The number of halogens is 1. The molecule has 0 bridgehead atoms. The summed E-state index contributed by atoms with van der Waals surface area (Å²) >= 11 is 3.25. The van der Waals surface area contributed by atoms with Crippen molar-refractivity contribution in [3.05, 3.63) is 54.1 Å². The minimum Gasteiger partial charge on any atom is -0.426 e. The molecule has 0 N–H and O–H groups in total. The lowest BCUT2D eigenvalue weighted by Gasteiger charge is -2.19. The van der Waals surface area contributed by atoms with Gasteiger partial charge >= 0.3 is 5.97 Å². The molecule has 26 heavy (non-hydrogen) atoms. The van der Waals surface area contributed by atoms with E-state index in [1.165, 1.54) is 0 Å². The third kappa shape index (κ3) is 3.52. The Morgan fingerprint density at radius 2 is 1.85 bits per heavy atom. The molecule has 136 valence electrons. The fourth-order valence-electron chi connectivity index (χ4n) is 2.54. The minimum absolute atomic E-state index is 0.204. The number of alkyl halides is 1. The molecule has 1 aliphatic heterocycles. The molecule has 1 atom stereocenters. The van der Waals surface area contributed by atoms with Gasteiger partial charge in [-0.25, -0.2) is 0 Å². The van der Waals surface area contributed by atoms with Crippen LogP contribution in [0.2, 0.25) is 0 Å². The summed E-state index contributed by atoms with van der Waals surface area (Å²) in [4.78, 5) is 13.4. The molecule has 2 aromatic carbocycles. The van der Waals surface area contributed by atoms with Crippen molar-refractivity contribution in [1.29, 1.82) is 0 Å². The first-order chi connectivity index (χ1) is 12.3. The highest BCUT2D eigenvalue weighted by Crippen LogP contribution is 2.29. The van der Waals surface area contributed by atoms with Gasteiger partial charge in [0, 0.05) is 18.3 Å². The van der Waals surface area contributed by atoms with Gasteiger partial charge in [-0.1, -0.05) is 35.0 Å². The summed E-state index contributed by atoms with van der Waals surface area (Å²) in [5, 5.41) is 0. The highest BCUT2D eigenvalue weighted by Gasteiger charge is 2.30. The number of nitrogens with zero attached hydrogens (tertiary/aromatic N) is 2. The van der Waals surface area contributed by atoms with Gasteiger partial charge in [0.1, 0.15) is 15.5 Å². The molecule has 1 aliphatic rings. The second-order valence-electron chi connectivity index (χ2n) is 5.74. The normalized spacial score (nSPS) is 15.7. The van der Waals surface area contributed by atoms with Crippen LogP contribution in [0.3, 0.4) is 0 Å². The molecule has 6 nitrogen and oxygen atoms in total. The maximum atomic E-state index is 12.2. The third-order valence-corrected chi connectivity index (χ3v) is 6.33. The van der Waals surface area contributed by atoms with Crippen LogP contribution < -0.4 is 9.64 Å². The molecule has 0 aromatic heterocycles. The summed E-state index contributed by atoms with van der Waals surface area (Å²) < 4.78 is 33.6. The topological polar surface area (TPSA) is 76.0 Å². The Bertz CT molecular complexity index is 971. The van der Waals surface area contributed by atoms with Crippen LogP contribution in [-0.2, 0) is 14.8 Å². The van der Waals surface area contributed by atoms with Gasteiger partial charge in [0.2, 0.25) is 0 Å².